The predicted octanol–water partition coefficient (Wildman–Crippen LogP) is 2.49. The fraction of sp³-hybridized carbons (Fsp3) is 0.923. The summed E-state index contributed by atoms with van der Waals surface area (Å²) in [5, 5.41) is 0. The molecule has 0 aromatic carbocycles. The van der Waals surface area contributed by atoms with Crippen molar-refractivity contribution in [1.29, 1.82) is 0 Å². The van der Waals surface area contributed by atoms with Crippen LogP contribution in [-0.2, 0) is 4.79 Å². The molecule has 0 bridgehead atoms. The summed E-state index contributed by atoms with van der Waals surface area (Å²) >= 11 is 3.52. The van der Waals surface area contributed by atoms with Gasteiger partial charge >= 0.3 is 0 Å². The summed E-state index contributed by atoms with van der Waals surface area (Å²) in [4.78, 5) is 16.5. The van der Waals surface area contributed by atoms with Gasteiger partial charge in [0.15, 0.2) is 0 Å². The Kier molecular flexibility index (Phi) is 7.12. The van der Waals surface area contributed by atoms with E-state index in [0.717, 1.165) is 26.1 Å². The molecule has 4 heteroatoms. The summed E-state index contributed by atoms with van der Waals surface area (Å²) in [6, 6.07) is 0. The van der Waals surface area contributed by atoms with Crippen LogP contribution in [0.5, 0.6) is 0 Å². The molecule has 0 radical (unpaired) electrons. The fourth-order valence-electron chi connectivity index (χ4n) is 2.39. The van der Waals surface area contributed by atoms with E-state index in [2.05, 4.69) is 34.7 Å². The molecule has 0 N–H and O–H groups in total. The molecule has 1 aliphatic heterocycles. The summed E-state index contributed by atoms with van der Waals surface area (Å²) in [5.41, 5.74) is 0. The van der Waals surface area contributed by atoms with Crippen molar-refractivity contribution in [2.45, 2.75) is 44.4 Å². The summed E-state index contributed by atoms with van der Waals surface area (Å²) in [5.74, 6) is 0.310. The van der Waals surface area contributed by atoms with Crippen molar-refractivity contribution < 1.29 is 4.79 Å². The maximum absolute atomic E-state index is 11.6. The molecule has 100 valence electrons. The van der Waals surface area contributed by atoms with E-state index in [1.54, 1.807) is 0 Å². The third kappa shape index (κ3) is 5.38. The molecule has 0 aromatic rings. The first kappa shape index (κ1) is 15.0. The number of amides is 1. The van der Waals surface area contributed by atoms with Crippen LogP contribution in [0.3, 0.4) is 0 Å². The maximum Gasteiger partial charge on any atom is 0.223 e. The SMILES string of the molecule is CCCN(CCC)CCCN1CC(Br)CC1=O. The van der Waals surface area contributed by atoms with Gasteiger partial charge in [0, 0.05) is 24.3 Å². The quantitative estimate of drug-likeness (QED) is 0.643. The van der Waals surface area contributed by atoms with Gasteiger partial charge in [0.1, 0.15) is 0 Å². The number of carbonyl (C=O) groups is 1. The molecule has 1 aliphatic rings. The maximum atomic E-state index is 11.6. The van der Waals surface area contributed by atoms with Gasteiger partial charge in [-0.05, 0) is 38.9 Å². The van der Waals surface area contributed by atoms with E-state index in [9.17, 15) is 4.79 Å². The van der Waals surface area contributed by atoms with Gasteiger partial charge in [-0.15, -0.1) is 0 Å². The molecule has 1 atom stereocenters. The second-order valence-corrected chi connectivity index (χ2v) is 6.13. The largest absolute Gasteiger partial charge is 0.341 e. The number of rotatable bonds is 8. The first-order chi connectivity index (χ1) is 8.17. The number of carbonyl (C=O) groups excluding carboxylic acids is 1. The number of halogens is 1. The van der Waals surface area contributed by atoms with Crippen molar-refractivity contribution in [1.82, 2.24) is 9.80 Å². The first-order valence-corrected chi connectivity index (χ1v) is 7.73. The van der Waals surface area contributed by atoms with Crippen molar-refractivity contribution in [3.8, 4) is 0 Å². The van der Waals surface area contributed by atoms with Gasteiger partial charge < -0.3 is 9.80 Å². The van der Waals surface area contributed by atoms with Gasteiger partial charge in [0.05, 0.1) is 0 Å². The molecular formula is C13H25BrN2O. The Hall–Kier alpha value is -0.0900. The highest BCUT2D eigenvalue weighted by Gasteiger charge is 2.26. The zero-order valence-electron chi connectivity index (χ0n) is 11.1. The van der Waals surface area contributed by atoms with Gasteiger partial charge in [-0.2, -0.15) is 0 Å². The highest BCUT2D eigenvalue weighted by atomic mass is 79.9. The van der Waals surface area contributed by atoms with Crippen LogP contribution in [0.25, 0.3) is 0 Å². The minimum absolute atomic E-state index is 0.310. The summed E-state index contributed by atoms with van der Waals surface area (Å²) in [7, 11) is 0. The van der Waals surface area contributed by atoms with Crippen LogP contribution in [0.4, 0.5) is 0 Å². The Morgan fingerprint density at radius 1 is 1.29 bits per heavy atom. The number of nitrogens with zero attached hydrogens (tertiary/aromatic N) is 2. The number of likely N-dealkylation sites (tertiary alicyclic amines) is 1. The van der Waals surface area contributed by atoms with Crippen LogP contribution in [-0.4, -0.2) is 53.3 Å². The Morgan fingerprint density at radius 2 is 1.94 bits per heavy atom. The second kappa shape index (κ2) is 8.09. The highest BCUT2D eigenvalue weighted by Crippen LogP contribution is 2.18. The Labute approximate surface area is 114 Å². The number of hydrogen-bond acceptors (Lipinski definition) is 2. The smallest absolute Gasteiger partial charge is 0.223 e. The molecular weight excluding hydrogens is 280 g/mol. The molecule has 1 fully saturated rings. The molecule has 0 aromatic heterocycles. The molecule has 1 heterocycles. The molecule has 1 amide bonds. The molecule has 3 nitrogen and oxygen atoms in total. The molecule has 1 rings (SSSR count). The average Bonchev–Trinajstić information content (AvgIpc) is 2.58. The van der Waals surface area contributed by atoms with Gasteiger partial charge in [-0.25, -0.2) is 0 Å². The molecule has 0 spiro atoms. The molecule has 0 aliphatic carbocycles. The Bertz CT molecular complexity index is 229. The topological polar surface area (TPSA) is 23.6 Å². The summed E-state index contributed by atoms with van der Waals surface area (Å²) in [6.07, 6.45) is 4.21. The van der Waals surface area contributed by atoms with Crippen LogP contribution in [0.15, 0.2) is 0 Å². The fourth-order valence-corrected chi connectivity index (χ4v) is 3.02. The zero-order valence-corrected chi connectivity index (χ0v) is 12.7. The van der Waals surface area contributed by atoms with Crippen LogP contribution in [0.1, 0.15) is 39.5 Å². The highest BCUT2D eigenvalue weighted by molar-refractivity contribution is 9.09. The molecule has 1 unspecified atom stereocenters. The van der Waals surface area contributed by atoms with Crippen LogP contribution < -0.4 is 0 Å². The number of alkyl halides is 1. The van der Waals surface area contributed by atoms with E-state index in [1.807, 2.05) is 4.90 Å². The first-order valence-electron chi connectivity index (χ1n) is 6.81. The van der Waals surface area contributed by atoms with Gasteiger partial charge in [0.2, 0.25) is 5.91 Å². The van der Waals surface area contributed by atoms with E-state index in [0.29, 0.717) is 17.2 Å². The van der Waals surface area contributed by atoms with E-state index in [-0.39, 0.29) is 0 Å². The predicted molar refractivity (Wildman–Crippen MR) is 75.6 cm³/mol. The zero-order chi connectivity index (χ0) is 12.7. The third-order valence-corrected chi connectivity index (χ3v) is 3.76. The van der Waals surface area contributed by atoms with E-state index < -0.39 is 0 Å². The van der Waals surface area contributed by atoms with Crippen molar-refractivity contribution in [3.63, 3.8) is 0 Å². The van der Waals surface area contributed by atoms with Crippen molar-refractivity contribution in [3.05, 3.63) is 0 Å². The molecule has 0 saturated carbocycles. The lowest BCUT2D eigenvalue weighted by molar-refractivity contribution is -0.127. The Balaban J connectivity index is 2.19. The van der Waals surface area contributed by atoms with Crippen LogP contribution >= 0.6 is 15.9 Å². The van der Waals surface area contributed by atoms with Gasteiger partial charge in [0.25, 0.3) is 0 Å². The number of hydrogen-bond donors (Lipinski definition) is 0. The average molecular weight is 305 g/mol. The lowest BCUT2D eigenvalue weighted by Crippen LogP contribution is -2.32. The van der Waals surface area contributed by atoms with Gasteiger partial charge in [-0.3, -0.25) is 4.79 Å². The van der Waals surface area contributed by atoms with Crippen LogP contribution in [0.2, 0.25) is 0 Å². The minimum Gasteiger partial charge on any atom is -0.341 e. The molecule has 1 saturated heterocycles. The monoisotopic (exact) mass is 304 g/mol. The Morgan fingerprint density at radius 3 is 2.41 bits per heavy atom. The summed E-state index contributed by atoms with van der Waals surface area (Å²) < 4.78 is 0. The van der Waals surface area contributed by atoms with E-state index >= 15 is 0 Å². The normalized spacial score (nSPS) is 20.6. The third-order valence-electron chi connectivity index (χ3n) is 3.15. The summed E-state index contributed by atoms with van der Waals surface area (Å²) in [6.45, 7) is 9.75. The molecule has 17 heavy (non-hydrogen) atoms. The van der Waals surface area contributed by atoms with E-state index in [1.165, 1.54) is 25.9 Å². The minimum atomic E-state index is 0.310. The second-order valence-electron chi connectivity index (χ2n) is 4.84. The lowest BCUT2D eigenvalue weighted by Gasteiger charge is -2.22. The van der Waals surface area contributed by atoms with Gasteiger partial charge in [-0.1, -0.05) is 29.8 Å². The van der Waals surface area contributed by atoms with Crippen molar-refractivity contribution in [2.75, 3.05) is 32.7 Å². The van der Waals surface area contributed by atoms with Crippen molar-refractivity contribution in [2.24, 2.45) is 0 Å². The standard InChI is InChI=1S/C13H25BrN2O/c1-3-6-15(7-4-2)8-5-9-16-11-12(14)10-13(16)17/h12H,3-11H2,1-2H3. The van der Waals surface area contributed by atoms with Crippen LogP contribution in [0, 0.1) is 0 Å². The lowest BCUT2D eigenvalue weighted by atomic mass is 10.3. The van der Waals surface area contributed by atoms with Crippen molar-refractivity contribution >= 4 is 21.8 Å². The van der Waals surface area contributed by atoms with E-state index in [4.69, 9.17) is 0 Å².